The summed E-state index contributed by atoms with van der Waals surface area (Å²) in [5.41, 5.74) is 2.92. The lowest BCUT2D eigenvalue weighted by atomic mass is 9.96. The number of nitrogens with zero attached hydrogens (tertiary/aromatic N) is 1. The molecule has 0 aliphatic heterocycles. The second kappa shape index (κ2) is 10.4. The summed E-state index contributed by atoms with van der Waals surface area (Å²) in [6, 6.07) is 12.2. The number of hydrogen-bond acceptors (Lipinski definition) is 7. The predicted molar refractivity (Wildman–Crippen MR) is 147 cm³/mol. The van der Waals surface area contributed by atoms with Crippen LogP contribution in [0.4, 0.5) is 11.6 Å². The number of allylic oxidation sites excluding steroid dienone is 2. The molecule has 0 saturated carbocycles. The normalized spacial score (nSPS) is 15.3. The van der Waals surface area contributed by atoms with Crippen molar-refractivity contribution in [3.8, 4) is 0 Å². The molecule has 1 aliphatic carbocycles. The summed E-state index contributed by atoms with van der Waals surface area (Å²) in [7, 11) is -4.18. The van der Waals surface area contributed by atoms with Gasteiger partial charge in [0.25, 0.3) is 11.8 Å². The molecule has 1 unspecified atom stereocenters. The summed E-state index contributed by atoms with van der Waals surface area (Å²) in [5, 5.41) is 5.08. The molecule has 0 fully saturated rings. The molecule has 0 saturated heterocycles. The van der Waals surface area contributed by atoms with Gasteiger partial charge in [-0.3, -0.25) is 9.59 Å². The maximum atomic E-state index is 13.3. The zero-order chi connectivity index (χ0) is 26.9. The first-order chi connectivity index (χ1) is 17.5. The van der Waals surface area contributed by atoms with E-state index in [0.29, 0.717) is 28.1 Å². The highest BCUT2D eigenvalue weighted by atomic mass is 35.5. The minimum Gasteiger partial charge on any atom is -0.336 e. The Bertz CT molecular complexity index is 1590. The van der Waals surface area contributed by atoms with Crippen molar-refractivity contribution in [3.63, 3.8) is 0 Å². The van der Waals surface area contributed by atoms with Gasteiger partial charge in [0.1, 0.15) is 16.0 Å². The molecule has 0 radical (unpaired) electrons. The molecule has 1 atom stereocenters. The molecule has 0 spiro atoms. The topological polar surface area (TPSA) is 118 Å². The largest absolute Gasteiger partial charge is 0.336 e. The lowest BCUT2D eigenvalue weighted by Crippen LogP contribution is -2.37. The second-order valence-corrected chi connectivity index (χ2v) is 11.1. The Morgan fingerprint density at radius 3 is 2.46 bits per heavy atom. The Morgan fingerprint density at radius 2 is 1.81 bits per heavy atom. The van der Waals surface area contributed by atoms with Gasteiger partial charge in [0.15, 0.2) is 5.78 Å². The van der Waals surface area contributed by atoms with Crippen LogP contribution in [0.25, 0.3) is 0 Å². The number of rotatable bonds is 7. The van der Waals surface area contributed by atoms with Crippen molar-refractivity contribution in [2.45, 2.75) is 26.0 Å². The minimum atomic E-state index is -4.18. The van der Waals surface area contributed by atoms with Gasteiger partial charge in [0.2, 0.25) is 10.0 Å². The van der Waals surface area contributed by atoms with E-state index in [-0.39, 0.29) is 27.1 Å². The number of halogens is 1. The fourth-order valence-electron chi connectivity index (χ4n) is 3.86. The highest BCUT2D eigenvalue weighted by Gasteiger charge is 2.35. The molecule has 2 N–H and O–H groups in total. The third-order valence-electron chi connectivity index (χ3n) is 5.68. The van der Waals surface area contributed by atoms with Crippen molar-refractivity contribution in [1.82, 2.24) is 5.16 Å². The van der Waals surface area contributed by atoms with E-state index in [1.165, 1.54) is 18.2 Å². The number of aromatic nitrogens is 1. The highest BCUT2D eigenvalue weighted by molar-refractivity contribution is 7.96. The molecule has 8 nitrogen and oxygen atoms in total. The first-order valence-corrected chi connectivity index (χ1v) is 13.4. The average Bonchev–Trinajstić information content (AvgIpc) is 3.17. The smallest absolute Gasteiger partial charge is 0.257 e. The molecule has 1 aromatic heterocycles. The monoisotopic (exact) mass is 555 g/mol. The van der Waals surface area contributed by atoms with Crippen LogP contribution in [-0.2, 0) is 14.8 Å². The Balaban J connectivity index is 1.61. The van der Waals surface area contributed by atoms with Gasteiger partial charge in [0.05, 0.1) is 16.1 Å². The molecule has 4 rings (SSSR count). The third kappa shape index (κ3) is 5.41. The maximum absolute atomic E-state index is 13.3. The maximum Gasteiger partial charge on any atom is 0.257 e. The zero-order valence-electron chi connectivity index (χ0n) is 20.0. The minimum absolute atomic E-state index is 0.0215. The van der Waals surface area contributed by atoms with Crippen molar-refractivity contribution < 1.29 is 22.5 Å². The van der Waals surface area contributed by atoms with Crippen molar-refractivity contribution in [2.75, 3.05) is 10.0 Å². The summed E-state index contributed by atoms with van der Waals surface area (Å²) >= 11 is 11.4. The Kier molecular flexibility index (Phi) is 7.44. The number of benzene rings is 2. The molecule has 11 heteroatoms. The van der Waals surface area contributed by atoms with Crippen LogP contribution < -0.4 is 10.0 Å². The first kappa shape index (κ1) is 26.5. The number of thiocarbonyl (C=S) groups is 1. The predicted octanol–water partition coefficient (Wildman–Crippen LogP) is 5.10. The molecule has 2 aromatic carbocycles. The number of anilines is 2. The van der Waals surface area contributed by atoms with Crippen LogP contribution in [0.1, 0.15) is 32.7 Å². The van der Waals surface area contributed by atoms with Crippen LogP contribution in [0.5, 0.6) is 0 Å². The van der Waals surface area contributed by atoms with Crippen molar-refractivity contribution >= 4 is 62.0 Å². The molecule has 0 bridgehead atoms. The van der Waals surface area contributed by atoms with Crippen LogP contribution in [0.2, 0.25) is 5.02 Å². The van der Waals surface area contributed by atoms with Gasteiger partial charge in [-0.05, 0) is 44.0 Å². The number of nitrogens with one attached hydrogen (secondary N) is 2. The quantitative estimate of drug-likeness (QED) is 0.307. The molecule has 37 heavy (non-hydrogen) atoms. The summed E-state index contributed by atoms with van der Waals surface area (Å²) in [6.45, 7) is 5.19. The van der Waals surface area contributed by atoms with E-state index < -0.39 is 21.2 Å². The van der Waals surface area contributed by atoms with E-state index in [1.54, 1.807) is 44.2 Å². The zero-order valence-corrected chi connectivity index (χ0v) is 22.4. The van der Waals surface area contributed by atoms with Gasteiger partial charge >= 0.3 is 0 Å². The van der Waals surface area contributed by atoms with Crippen molar-refractivity contribution in [2.24, 2.45) is 0 Å². The lowest BCUT2D eigenvalue weighted by molar-refractivity contribution is -0.112. The fourth-order valence-corrected chi connectivity index (χ4v) is 5.88. The SMILES string of the molecule is Cc1cc(C)c(NC(=O)C2=CC=CC(S(=O)(=O)Nc3onc(C)c3Cl)C2=S)c(C(=O)c2ccccc2)c1. The summed E-state index contributed by atoms with van der Waals surface area (Å²) in [4.78, 5) is 26.5. The van der Waals surface area contributed by atoms with E-state index in [4.69, 9.17) is 28.3 Å². The van der Waals surface area contributed by atoms with E-state index >= 15 is 0 Å². The van der Waals surface area contributed by atoms with Crippen LogP contribution in [0.3, 0.4) is 0 Å². The molecule has 1 amide bonds. The summed E-state index contributed by atoms with van der Waals surface area (Å²) < 4.78 is 33.3. The van der Waals surface area contributed by atoms with E-state index in [9.17, 15) is 18.0 Å². The molecule has 3 aromatic rings. The van der Waals surface area contributed by atoms with Crippen LogP contribution >= 0.6 is 23.8 Å². The van der Waals surface area contributed by atoms with Crippen molar-refractivity contribution in [3.05, 3.63) is 99.2 Å². The fraction of sp³-hybridized carbons (Fsp3) is 0.154. The van der Waals surface area contributed by atoms with E-state index in [2.05, 4.69) is 15.2 Å². The molecule has 190 valence electrons. The third-order valence-corrected chi connectivity index (χ3v) is 8.28. The van der Waals surface area contributed by atoms with E-state index in [1.807, 2.05) is 19.1 Å². The lowest BCUT2D eigenvalue weighted by Gasteiger charge is -2.21. The number of ketones is 1. The molecule has 1 aliphatic rings. The summed E-state index contributed by atoms with van der Waals surface area (Å²) in [6.07, 6.45) is 4.21. The molecule has 1 heterocycles. The number of sulfonamides is 1. The first-order valence-electron chi connectivity index (χ1n) is 11.1. The Hall–Kier alpha value is -3.60. The average molecular weight is 556 g/mol. The molecular weight excluding hydrogens is 534 g/mol. The Labute approximate surface area is 224 Å². The van der Waals surface area contributed by atoms with Crippen LogP contribution in [0.15, 0.2) is 70.8 Å². The number of hydrogen-bond donors (Lipinski definition) is 2. The van der Waals surface area contributed by atoms with Crippen molar-refractivity contribution in [1.29, 1.82) is 0 Å². The number of carbonyl (C=O) groups is 2. The second-order valence-electron chi connectivity index (χ2n) is 8.46. The standard InChI is InChI=1S/C26H22ClN3O5S2/c1-14-12-15(2)22(19(13-14)23(31)17-8-5-4-6-9-17)28-25(32)18-10-7-11-20(24(18)36)37(33,34)30-26-21(27)16(3)29-35-26/h4-13,20,30H,1-3H3,(H,28,32). The van der Waals surface area contributed by atoms with E-state index in [0.717, 1.165) is 5.56 Å². The highest BCUT2D eigenvalue weighted by Crippen LogP contribution is 2.30. The number of amides is 1. The van der Waals surface area contributed by atoms with Gasteiger partial charge in [-0.1, -0.05) is 77.5 Å². The van der Waals surface area contributed by atoms with Gasteiger partial charge in [-0.25, -0.2) is 13.1 Å². The van der Waals surface area contributed by atoms with Gasteiger partial charge < -0.3 is 9.84 Å². The summed E-state index contributed by atoms with van der Waals surface area (Å²) in [5.74, 6) is -1.14. The van der Waals surface area contributed by atoms with Crippen LogP contribution in [-0.4, -0.2) is 35.4 Å². The van der Waals surface area contributed by atoms with Crippen LogP contribution in [0, 0.1) is 20.8 Å². The number of carbonyl (C=O) groups excluding carboxylic acids is 2. The van der Waals surface area contributed by atoms with Gasteiger partial charge in [-0.2, -0.15) is 0 Å². The Morgan fingerprint density at radius 1 is 1.11 bits per heavy atom. The number of aryl methyl sites for hydroxylation is 3. The van der Waals surface area contributed by atoms with Gasteiger partial charge in [-0.15, -0.1) is 0 Å². The molecular formula is C26H22ClN3O5S2. The van der Waals surface area contributed by atoms with Gasteiger partial charge in [0, 0.05) is 11.1 Å².